The van der Waals surface area contributed by atoms with Crippen molar-refractivity contribution in [1.82, 2.24) is 4.98 Å². The Morgan fingerprint density at radius 2 is 1.86 bits per heavy atom. The van der Waals surface area contributed by atoms with Gasteiger partial charge in [-0.2, -0.15) is 4.98 Å². The van der Waals surface area contributed by atoms with Crippen LogP contribution in [0.4, 0.5) is 20.9 Å². The maximum atomic E-state index is 13.6. The molecule has 0 bridgehead atoms. The molecule has 2 aromatic carbocycles. The monoisotopic (exact) mass is 396 g/mol. The minimum atomic E-state index is -0.550. The fourth-order valence-corrected chi connectivity index (χ4v) is 3.73. The third-order valence-electron chi connectivity index (χ3n) is 3.96. The van der Waals surface area contributed by atoms with Gasteiger partial charge in [-0.25, -0.2) is 9.38 Å². The second-order valence-electron chi connectivity index (χ2n) is 6.01. The standard InChI is InChI=1S/C19H13FN4O3S/c1-9(25)21-11-3-5-12(6-4-11)22-19-24-18(27)16(28-19)15-13-8-10(20)2-7-14(13)23-17(15)26/h2-8,27H,1H3,(H,21,25)(H,22,24). The summed E-state index contributed by atoms with van der Waals surface area (Å²) in [6, 6.07) is 10.8. The largest absolute Gasteiger partial charge is 0.492 e. The molecule has 3 N–H and O–H groups in total. The van der Waals surface area contributed by atoms with E-state index < -0.39 is 11.7 Å². The Bertz CT molecular complexity index is 1240. The van der Waals surface area contributed by atoms with Crippen LogP contribution in [0.5, 0.6) is 5.88 Å². The van der Waals surface area contributed by atoms with E-state index >= 15 is 0 Å². The summed E-state index contributed by atoms with van der Waals surface area (Å²) in [6.45, 7) is 1.42. The molecule has 1 aromatic heterocycles. The van der Waals surface area contributed by atoms with Crippen LogP contribution in [0.1, 0.15) is 11.8 Å². The molecule has 9 heteroatoms. The van der Waals surface area contributed by atoms with Crippen LogP contribution >= 0.6 is 11.3 Å². The number of aromatic nitrogens is 1. The van der Waals surface area contributed by atoms with E-state index in [0.717, 1.165) is 11.3 Å². The molecule has 2 amide bonds. The number of aromatic hydroxyl groups is 1. The average molecular weight is 396 g/mol. The van der Waals surface area contributed by atoms with Crippen molar-refractivity contribution in [2.24, 2.45) is 4.99 Å². The predicted octanol–water partition coefficient (Wildman–Crippen LogP) is 2.05. The number of amides is 2. The Labute approximate surface area is 161 Å². The van der Waals surface area contributed by atoms with Crippen molar-refractivity contribution < 1.29 is 19.1 Å². The summed E-state index contributed by atoms with van der Waals surface area (Å²) in [4.78, 5) is 31.5. The number of carbonyl (C=O) groups excluding carboxylic acids is 2. The molecule has 0 fully saturated rings. The Morgan fingerprint density at radius 3 is 2.57 bits per heavy atom. The highest BCUT2D eigenvalue weighted by Gasteiger charge is 2.25. The molecule has 0 radical (unpaired) electrons. The average Bonchev–Trinajstić information content (AvgIpc) is 3.14. The van der Waals surface area contributed by atoms with Gasteiger partial charge in [0.15, 0.2) is 5.13 Å². The topological polar surface area (TPSA) is 104 Å². The second kappa shape index (κ2) is 6.86. The van der Waals surface area contributed by atoms with E-state index in [1.165, 1.54) is 25.1 Å². The zero-order valence-corrected chi connectivity index (χ0v) is 15.3. The molecule has 7 nitrogen and oxygen atoms in total. The second-order valence-corrected chi connectivity index (χ2v) is 7.01. The van der Waals surface area contributed by atoms with Crippen molar-refractivity contribution in [3.05, 3.63) is 63.7 Å². The van der Waals surface area contributed by atoms with Crippen molar-refractivity contribution >= 4 is 45.2 Å². The summed E-state index contributed by atoms with van der Waals surface area (Å²) >= 11 is 1.06. The molecule has 2 heterocycles. The number of hydrogen-bond donors (Lipinski definition) is 3. The van der Waals surface area contributed by atoms with Crippen molar-refractivity contribution in [2.45, 2.75) is 6.92 Å². The van der Waals surface area contributed by atoms with Gasteiger partial charge in [0.05, 0.1) is 10.9 Å². The van der Waals surface area contributed by atoms with Gasteiger partial charge >= 0.3 is 0 Å². The Kier molecular flexibility index (Phi) is 4.36. The van der Waals surface area contributed by atoms with Gasteiger partial charge in [-0.05, 0) is 42.5 Å². The van der Waals surface area contributed by atoms with Gasteiger partial charge in [0.1, 0.15) is 10.7 Å². The summed E-state index contributed by atoms with van der Waals surface area (Å²) in [5.74, 6) is -1.55. The van der Waals surface area contributed by atoms with Crippen LogP contribution in [0, 0.1) is 5.82 Å². The van der Waals surface area contributed by atoms with Crippen LogP contribution in [0.15, 0.2) is 47.5 Å². The number of thiazole rings is 1. The summed E-state index contributed by atoms with van der Waals surface area (Å²) in [5.41, 5.74) is 1.44. The maximum Gasteiger partial charge on any atom is 0.279 e. The third-order valence-corrected chi connectivity index (χ3v) is 4.93. The molecule has 0 spiro atoms. The number of halogens is 1. The zero-order chi connectivity index (χ0) is 19.8. The number of rotatable bonds is 4. The molecule has 3 aromatic rings. The smallest absolute Gasteiger partial charge is 0.279 e. The van der Waals surface area contributed by atoms with E-state index in [1.807, 2.05) is 0 Å². The molecule has 0 saturated carbocycles. The molecule has 0 unspecified atom stereocenters. The first-order valence-electron chi connectivity index (χ1n) is 8.18. The predicted molar refractivity (Wildman–Crippen MR) is 103 cm³/mol. The highest BCUT2D eigenvalue weighted by atomic mass is 32.1. The van der Waals surface area contributed by atoms with E-state index in [1.54, 1.807) is 24.3 Å². The van der Waals surface area contributed by atoms with Gasteiger partial charge in [0, 0.05) is 23.5 Å². The molecule has 0 aliphatic carbocycles. The molecule has 1 aliphatic rings. The maximum absolute atomic E-state index is 13.6. The van der Waals surface area contributed by atoms with Crippen LogP contribution in [-0.4, -0.2) is 21.9 Å². The van der Waals surface area contributed by atoms with Gasteiger partial charge in [0.2, 0.25) is 11.8 Å². The van der Waals surface area contributed by atoms with E-state index in [0.29, 0.717) is 27.1 Å². The van der Waals surface area contributed by atoms with Crippen LogP contribution in [0.25, 0.3) is 5.57 Å². The summed E-state index contributed by atoms with van der Waals surface area (Å²) in [5, 5.41) is 17.0. The van der Waals surface area contributed by atoms with Crippen molar-refractivity contribution in [2.75, 3.05) is 10.6 Å². The van der Waals surface area contributed by atoms with Gasteiger partial charge in [-0.3, -0.25) is 9.59 Å². The molecule has 1 aliphatic heterocycles. The highest BCUT2D eigenvalue weighted by molar-refractivity contribution is 7.17. The first-order chi connectivity index (χ1) is 13.4. The first-order valence-corrected chi connectivity index (χ1v) is 9.00. The fourth-order valence-electron chi connectivity index (χ4n) is 2.80. The van der Waals surface area contributed by atoms with E-state index in [2.05, 4.69) is 20.6 Å². The van der Waals surface area contributed by atoms with E-state index in [4.69, 9.17) is 0 Å². The lowest BCUT2D eigenvalue weighted by Crippen LogP contribution is -2.23. The number of anilines is 3. The SMILES string of the molecule is CC(=O)Nc1ccc(Nc2nc(O)c(C3=c4cc(F)ccc4=NC3=O)s2)cc1. The molecule has 28 heavy (non-hydrogen) atoms. The quantitative estimate of drug-likeness (QED) is 0.626. The zero-order valence-electron chi connectivity index (χ0n) is 14.5. The lowest BCUT2D eigenvalue weighted by atomic mass is 10.1. The Morgan fingerprint density at radius 1 is 1.14 bits per heavy atom. The van der Waals surface area contributed by atoms with Crippen molar-refractivity contribution in [1.29, 1.82) is 0 Å². The van der Waals surface area contributed by atoms with Gasteiger partial charge < -0.3 is 15.7 Å². The van der Waals surface area contributed by atoms with Crippen molar-refractivity contribution in [3.8, 4) is 5.88 Å². The summed E-state index contributed by atoms with van der Waals surface area (Å²) in [7, 11) is 0. The highest BCUT2D eigenvalue weighted by Crippen LogP contribution is 2.35. The van der Waals surface area contributed by atoms with Crippen LogP contribution in [0.2, 0.25) is 0 Å². The number of hydrogen-bond acceptors (Lipinski definition) is 6. The van der Waals surface area contributed by atoms with E-state index in [9.17, 15) is 19.1 Å². The Hall–Kier alpha value is -3.59. The lowest BCUT2D eigenvalue weighted by Gasteiger charge is -2.05. The molecule has 140 valence electrons. The summed E-state index contributed by atoms with van der Waals surface area (Å²) < 4.78 is 13.6. The van der Waals surface area contributed by atoms with Gasteiger partial charge in [-0.1, -0.05) is 11.3 Å². The first kappa shape index (κ1) is 17.8. The van der Waals surface area contributed by atoms with Crippen LogP contribution in [-0.2, 0) is 9.59 Å². The normalized spacial score (nSPS) is 12.5. The van der Waals surface area contributed by atoms with E-state index in [-0.39, 0.29) is 22.2 Å². The number of benzene rings is 2. The number of nitrogens with zero attached hydrogens (tertiary/aromatic N) is 2. The molecule has 0 atom stereocenters. The molecule has 4 rings (SSSR count). The molecule has 0 saturated heterocycles. The van der Waals surface area contributed by atoms with Crippen LogP contribution < -0.4 is 21.2 Å². The number of carbonyl (C=O) groups is 2. The third kappa shape index (κ3) is 3.35. The number of nitrogens with one attached hydrogen (secondary N) is 2. The number of fused-ring (bicyclic) bond motifs is 1. The van der Waals surface area contributed by atoms with Crippen molar-refractivity contribution in [3.63, 3.8) is 0 Å². The van der Waals surface area contributed by atoms with Gasteiger partial charge in [0.25, 0.3) is 5.91 Å². The lowest BCUT2D eigenvalue weighted by molar-refractivity contribution is -0.114. The van der Waals surface area contributed by atoms with Crippen LogP contribution in [0.3, 0.4) is 0 Å². The Balaban J connectivity index is 1.66. The minimum absolute atomic E-state index is 0.124. The molecular weight excluding hydrogens is 383 g/mol. The summed E-state index contributed by atoms with van der Waals surface area (Å²) in [6.07, 6.45) is 0. The molecular formula is C19H13FN4O3S. The van der Waals surface area contributed by atoms with Gasteiger partial charge in [-0.15, -0.1) is 0 Å². The fraction of sp³-hybridized carbons (Fsp3) is 0.0526. The minimum Gasteiger partial charge on any atom is -0.492 e.